The molecule has 0 radical (unpaired) electrons. The van der Waals surface area contributed by atoms with Gasteiger partial charge in [0.25, 0.3) is 6.47 Å². The van der Waals surface area contributed by atoms with E-state index in [4.69, 9.17) is 102 Å². The number of hydrogen-bond acceptors (Lipinski definition) is 17. The number of guanidine groups is 1. The average Bonchev–Trinajstić information content (AvgIpc) is 4.29. The maximum Gasteiger partial charge on any atom is 1.00 e. The van der Waals surface area contributed by atoms with Gasteiger partial charge in [0.15, 0.2) is 11.3 Å². The molecule has 0 unspecified atom stereocenters. The second-order valence-electron chi connectivity index (χ2n) is 16.1. The topological polar surface area (TPSA) is 258 Å². The van der Waals surface area contributed by atoms with Gasteiger partial charge in [0.05, 0.1) is 36.4 Å². The quantitative estimate of drug-likeness (QED) is 0.0128. The molecule has 0 saturated carbocycles. The zero-order valence-corrected chi connectivity index (χ0v) is 60.6. The van der Waals surface area contributed by atoms with Crippen LogP contribution in [0.15, 0.2) is 238 Å². The summed E-state index contributed by atoms with van der Waals surface area (Å²) in [6, 6.07) is 64.5. The monoisotopic (exact) mass is 1430 g/mol. The number of nitrogens with two attached hydrogens (primary N) is 1. The van der Waals surface area contributed by atoms with Crippen molar-refractivity contribution in [1.82, 2.24) is 16.0 Å². The number of thiol groups is 1. The minimum atomic E-state index is -4.67. The number of benzene rings is 8. The number of rotatable bonds is 10. The van der Waals surface area contributed by atoms with Gasteiger partial charge in [0.2, 0.25) is 0 Å². The predicted molar refractivity (Wildman–Crippen MR) is 351 cm³/mol. The molecule has 15 nitrogen and oxygen atoms in total. The molecule has 0 aromatic heterocycles. The first-order valence-corrected chi connectivity index (χ1v) is 30.6. The van der Waals surface area contributed by atoms with E-state index in [-0.39, 0.29) is 124 Å². The second kappa shape index (κ2) is 50.4. The fourth-order valence-corrected chi connectivity index (χ4v) is 9.20. The molecule has 0 aliphatic carbocycles. The van der Waals surface area contributed by atoms with E-state index < -0.39 is 10.4 Å². The standard InChI is InChI=1S/C16H16ClN3S.C13H12ClNS.C13H8ClNS.C7H4FN.C6H5ClS.C3H5ClN2.CH2O3.CH4.2K.H2O4S.H/c17-13-3-7-15(8-4-13)21-14-5-1-12(2-6-14)11-20-16-18-9-10-19-16;2*14-11-3-7-13(8-4-11)16-12-5-1-10(9-15)2-6-12;8-7-3-1-6(5-9)2-4-7;7-5-1-3-6(8)4-2-5;4-3-5-1-2-6-3;2-1-4-3;;;;1-5(2,3)4;/h1-8H,9-11H2,(H2,18,19,20);1-8H,9,15H2;1-8H;1-4H;1-4,8H;1-2H2,(H,5,6);1,3H;1H4;;;(H2,1,2,3,4);/q;;;;;;;;2*+1;;-1/p-1. The molecule has 0 fully saturated rings. The summed E-state index contributed by atoms with van der Waals surface area (Å²) in [6.45, 7) is 4.72. The Morgan fingerprint density at radius 1 is 0.602 bits per heavy atom. The molecular weight excluding hydrogens is 1380 g/mol. The number of halogens is 6. The number of carbonyl (C=O) groups is 1. The number of amidine groups is 1. The summed E-state index contributed by atoms with van der Waals surface area (Å²) in [6.07, 6.45) is 0. The molecule has 7 N–H and O–H groups in total. The third-order valence-electron chi connectivity index (χ3n) is 9.82. The maximum absolute atomic E-state index is 12.1. The largest absolute Gasteiger partial charge is 1.00 e. The van der Waals surface area contributed by atoms with Crippen LogP contribution in [0.1, 0.15) is 31.1 Å². The number of aliphatic imine (C=N–C) groups is 2. The Hall–Kier alpha value is -3.21. The van der Waals surface area contributed by atoms with E-state index in [1.54, 1.807) is 35.3 Å². The van der Waals surface area contributed by atoms with E-state index in [1.165, 1.54) is 49.4 Å². The molecule has 0 saturated heterocycles. The molecule has 2 heterocycles. The van der Waals surface area contributed by atoms with Crippen LogP contribution in [-0.2, 0) is 33.2 Å². The molecule has 0 amide bonds. The van der Waals surface area contributed by atoms with Crippen molar-refractivity contribution in [1.29, 1.82) is 10.5 Å². The van der Waals surface area contributed by atoms with Crippen molar-refractivity contribution in [3.63, 3.8) is 0 Å². The first-order chi connectivity index (χ1) is 40.8. The van der Waals surface area contributed by atoms with Crippen molar-refractivity contribution in [2.24, 2.45) is 15.7 Å². The van der Waals surface area contributed by atoms with Gasteiger partial charge in [-0.15, -0.1) is 12.6 Å². The van der Waals surface area contributed by atoms with Gasteiger partial charge in [-0.1, -0.05) is 113 Å². The molecule has 10 rings (SSSR count). The van der Waals surface area contributed by atoms with Crippen molar-refractivity contribution in [3.05, 3.63) is 242 Å². The maximum atomic E-state index is 12.1. The van der Waals surface area contributed by atoms with E-state index in [0.29, 0.717) is 23.0 Å². The van der Waals surface area contributed by atoms with E-state index in [0.717, 1.165) is 79.0 Å². The molecule has 0 spiro atoms. The van der Waals surface area contributed by atoms with Crippen LogP contribution >= 0.6 is 106 Å². The predicted octanol–water partition coefficient (Wildman–Crippen LogP) is 8.90. The van der Waals surface area contributed by atoms with Crippen LogP contribution in [-0.4, -0.2) is 61.4 Å². The van der Waals surface area contributed by atoms with Crippen LogP contribution in [0.3, 0.4) is 0 Å². The van der Waals surface area contributed by atoms with Gasteiger partial charge in [0, 0.05) is 80.5 Å². The summed E-state index contributed by atoms with van der Waals surface area (Å²) in [7, 11) is -4.67. The fraction of sp³-hybridized carbons (Fsp3) is 0.117. The van der Waals surface area contributed by atoms with E-state index in [1.807, 2.05) is 127 Å². The Labute approximate surface area is 643 Å². The van der Waals surface area contributed by atoms with Gasteiger partial charge in [-0.05, 0) is 193 Å². The van der Waals surface area contributed by atoms with Crippen molar-refractivity contribution in [3.8, 4) is 12.1 Å². The van der Waals surface area contributed by atoms with Crippen molar-refractivity contribution < 1.29 is 141 Å². The normalized spacial score (nSPS) is 10.9. The van der Waals surface area contributed by atoms with Crippen LogP contribution in [0.5, 0.6) is 0 Å². The molecule has 2 aliphatic heterocycles. The fourth-order valence-electron chi connectivity index (χ4n) is 5.92. The average molecular weight is 1440 g/mol. The molecule has 2 aliphatic rings. The van der Waals surface area contributed by atoms with Crippen molar-refractivity contribution in [2.75, 3.05) is 26.2 Å². The van der Waals surface area contributed by atoms with Crippen LogP contribution in [0.2, 0.25) is 20.1 Å². The van der Waals surface area contributed by atoms with Gasteiger partial charge in [0.1, 0.15) is 5.82 Å². The minimum Gasteiger partial charge on any atom is -1.00 e. The molecule has 88 heavy (non-hydrogen) atoms. The molecular formula is C60H58Cl5FK2N8O7S5. The summed E-state index contributed by atoms with van der Waals surface area (Å²) in [5.74, 6) is 0.587. The number of carbonyl (C=O) groups excluding carboxylic acids is 1. The van der Waals surface area contributed by atoms with Crippen LogP contribution in [0.25, 0.3) is 0 Å². The van der Waals surface area contributed by atoms with Crippen molar-refractivity contribution >= 4 is 134 Å². The minimum absolute atomic E-state index is 0. The first kappa shape index (κ1) is 84.8. The Morgan fingerprint density at radius 2 is 0.909 bits per heavy atom. The van der Waals surface area contributed by atoms with Crippen LogP contribution in [0.4, 0.5) is 4.39 Å². The summed E-state index contributed by atoms with van der Waals surface area (Å²) in [5.41, 5.74) is 9.11. The smallest absolute Gasteiger partial charge is 1.00 e. The first-order valence-electron chi connectivity index (χ1n) is 24.4. The summed E-state index contributed by atoms with van der Waals surface area (Å²) in [4.78, 5) is 27.4. The Morgan fingerprint density at radius 3 is 1.18 bits per heavy atom. The van der Waals surface area contributed by atoms with Gasteiger partial charge < -0.3 is 33.3 Å². The second-order valence-corrected chi connectivity index (χ2v) is 23.1. The summed E-state index contributed by atoms with van der Waals surface area (Å²) >= 11 is 37.6. The Kier molecular flexibility index (Phi) is 48.5. The van der Waals surface area contributed by atoms with Gasteiger partial charge in [-0.2, -0.15) is 18.9 Å². The molecule has 28 heteroatoms. The SMILES string of the molecule is C.ClC1=NCCN1.Clc1ccc(Sc2ccc(CNC3=NCCN3)cc2)cc1.N#Cc1ccc(F)cc1.N#Cc1ccc(Sc2ccc(Cl)cc2)cc1.NCc1ccc(Sc2ccc(Cl)cc2)cc1.O=CO[O-].O=S(=O)(O)O.Sc1ccc(Cl)cc1.[H-].[K+].[K+]. The molecule has 8 aromatic carbocycles. The number of nitriles is 2. The number of nitrogens with one attached hydrogen (secondary N) is 3. The molecule has 0 bridgehead atoms. The Bertz CT molecular complexity index is 3460. The van der Waals surface area contributed by atoms with Gasteiger partial charge in [-0.25, -0.2) is 4.39 Å². The Balaban J connectivity index is 0. The third-order valence-corrected chi connectivity index (χ3v) is 14.4. The van der Waals surface area contributed by atoms with Gasteiger partial charge >= 0.3 is 113 Å². The third kappa shape index (κ3) is 42.0. The zero-order chi connectivity index (χ0) is 62.2. The zero-order valence-electron chi connectivity index (χ0n) is 47.4. The van der Waals surface area contributed by atoms with Crippen LogP contribution in [0, 0.1) is 28.5 Å². The van der Waals surface area contributed by atoms with Gasteiger partial charge in [-0.3, -0.25) is 23.9 Å². The van der Waals surface area contributed by atoms with E-state index in [2.05, 4.69) is 98.1 Å². The van der Waals surface area contributed by atoms with E-state index in [9.17, 15) is 4.39 Å². The van der Waals surface area contributed by atoms with Crippen molar-refractivity contribution in [2.45, 2.75) is 54.8 Å². The molecule has 8 aromatic rings. The van der Waals surface area contributed by atoms with E-state index >= 15 is 0 Å². The summed E-state index contributed by atoms with van der Waals surface area (Å²) in [5, 5.41) is 38.3. The number of hydrogen-bond donors (Lipinski definition) is 7. The molecule has 454 valence electrons. The molecule has 0 atom stereocenters. The summed E-state index contributed by atoms with van der Waals surface area (Å²) < 4.78 is 43.7. The number of nitrogens with zero attached hydrogens (tertiary/aromatic N) is 4. The van der Waals surface area contributed by atoms with Crippen LogP contribution < -0.4 is 130 Å².